The second-order valence-corrected chi connectivity index (χ2v) is 7.77. The first-order valence-corrected chi connectivity index (χ1v) is 9.53. The van der Waals surface area contributed by atoms with E-state index in [-0.39, 0.29) is 11.5 Å². The van der Waals surface area contributed by atoms with Crippen LogP contribution in [0.3, 0.4) is 0 Å². The maximum absolute atomic E-state index is 10.5. The Bertz CT molecular complexity index is 1130. The summed E-state index contributed by atoms with van der Waals surface area (Å²) in [6.07, 6.45) is 0. The number of anilines is 1. The van der Waals surface area contributed by atoms with Gasteiger partial charge >= 0.3 is 0 Å². The lowest BCUT2D eigenvalue weighted by Gasteiger charge is -2.29. The molecule has 0 fully saturated rings. The average molecular weight is 413 g/mol. The summed E-state index contributed by atoms with van der Waals surface area (Å²) in [5.41, 5.74) is 5.46. The molecule has 3 aromatic carbocycles. The van der Waals surface area contributed by atoms with Crippen molar-refractivity contribution >= 4 is 40.3 Å². The van der Waals surface area contributed by atoms with Crippen molar-refractivity contribution < 1.29 is 10.2 Å². The molecule has 1 unspecified atom stereocenters. The van der Waals surface area contributed by atoms with E-state index in [9.17, 15) is 10.2 Å². The first-order valence-electron chi connectivity index (χ1n) is 8.77. The lowest BCUT2D eigenvalue weighted by atomic mass is 9.92. The molecule has 142 valence electrons. The number of hydrogen-bond donors (Lipinski definition) is 3. The van der Waals surface area contributed by atoms with Gasteiger partial charge in [0, 0.05) is 21.2 Å². The number of aliphatic imine (C=N–C) groups is 1. The number of nitrogens with zero attached hydrogens (tertiary/aromatic N) is 1. The molecule has 28 heavy (non-hydrogen) atoms. The second-order valence-electron chi connectivity index (χ2n) is 6.89. The van der Waals surface area contributed by atoms with Crippen LogP contribution in [0.2, 0.25) is 10.0 Å². The molecule has 0 spiro atoms. The van der Waals surface area contributed by atoms with E-state index >= 15 is 0 Å². The normalized spacial score (nSPS) is 15.6. The first kappa shape index (κ1) is 18.7. The van der Waals surface area contributed by atoms with Crippen molar-refractivity contribution in [1.82, 2.24) is 0 Å². The van der Waals surface area contributed by atoms with E-state index < -0.39 is 6.04 Å². The number of benzene rings is 3. The van der Waals surface area contributed by atoms with Crippen LogP contribution in [-0.4, -0.2) is 15.9 Å². The number of aryl methyl sites for hydroxylation is 2. The fourth-order valence-corrected chi connectivity index (χ4v) is 3.69. The molecule has 0 radical (unpaired) electrons. The van der Waals surface area contributed by atoms with E-state index in [1.54, 1.807) is 30.3 Å². The van der Waals surface area contributed by atoms with Crippen LogP contribution >= 0.6 is 23.2 Å². The van der Waals surface area contributed by atoms with Crippen molar-refractivity contribution in [3.8, 4) is 11.5 Å². The zero-order valence-electron chi connectivity index (χ0n) is 15.3. The standard InChI is InChI=1S/C22H18Cl2N2O2/c1-11-7-17-18(8-12(11)2)26-22(16-10-14(24)4-6-20(16)28)21(25-17)15-9-13(23)3-5-19(15)27/h3-10,21,25,27-28H,1-2H3. The highest BCUT2D eigenvalue weighted by Gasteiger charge is 2.29. The SMILES string of the molecule is Cc1cc2c(cc1C)NC(c1cc(Cl)ccc1O)C(c1cc(Cl)ccc1O)=N2. The number of halogens is 2. The second kappa shape index (κ2) is 7.04. The van der Waals surface area contributed by atoms with Crippen molar-refractivity contribution in [3.63, 3.8) is 0 Å². The number of fused-ring (bicyclic) bond motifs is 1. The summed E-state index contributed by atoms with van der Waals surface area (Å²) in [5, 5.41) is 25.4. The topological polar surface area (TPSA) is 64.8 Å². The smallest absolute Gasteiger partial charge is 0.124 e. The van der Waals surface area contributed by atoms with Crippen molar-refractivity contribution in [2.75, 3.05) is 5.32 Å². The Morgan fingerprint density at radius 1 is 0.857 bits per heavy atom. The molecule has 1 atom stereocenters. The highest BCUT2D eigenvalue weighted by atomic mass is 35.5. The quantitative estimate of drug-likeness (QED) is 0.461. The molecule has 0 saturated carbocycles. The molecule has 1 heterocycles. The molecule has 0 saturated heterocycles. The maximum Gasteiger partial charge on any atom is 0.124 e. The van der Waals surface area contributed by atoms with Gasteiger partial charge in [-0.2, -0.15) is 0 Å². The number of nitrogens with one attached hydrogen (secondary N) is 1. The van der Waals surface area contributed by atoms with E-state index in [0.717, 1.165) is 22.5 Å². The third-order valence-corrected chi connectivity index (χ3v) is 5.43. The molecule has 0 amide bonds. The van der Waals surface area contributed by atoms with Gasteiger partial charge in [-0.1, -0.05) is 23.2 Å². The van der Waals surface area contributed by atoms with Gasteiger partial charge in [-0.25, -0.2) is 4.99 Å². The van der Waals surface area contributed by atoms with Crippen LogP contribution in [-0.2, 0) is 0 Å². The van der Waals surface area contributed by atoms with Gasteiger partial charge in [-0.3, -0.25) is 0 Å². The van der Waals surface area contributed by atoms with Gasteiger partial charge in [-0.05, 0) is 73.5 Å². The first-order chi connectivity index (χ1) is 13.3. The molecule has 3 N–H and O–H groups in total. The van der Waals surface area contributed by atoms with Crippen LogP contribution in [0.4, 0.5) is 11.4 Å². The predicted molar refractivity (Wildman–Crippen MR) is 115 cm³/mol. The van der Waals surface area contributed by atoms with Crippen LogP contribution in [0.25, 0.3) is 0 Å². The minimum absolute atomic E-state index is 0.0590. The summed E-state index contributed by atoms with van der Waals surface area (Å²) in [4.78, 5) is 4.83. The summed E-state index contributed by atoms with van der Waals surface area (Å²) >= 11 is 12.4. The van der Waals surface area contributed by atoms with Gasteiger partial charge in [0.15, 0.2) is 0 Å². The Morgan fingerprint density at radius 2 is 1.50 bits per heavy atom. The Labute approximate surface area is 173 Å². The van der Waals surface area contributed by atoms with E-state index in [1.165, 1.54) is 6.07 Å². The van der Waals surface area contributed by atoms with Crippen LogP contribution in [0.1, 0.15) is 28.3 Å². The van der Waals surface area contributed by atoms with Crippen molar-refractivity contribution in [1.29, 1.82) is 0 Å². The van der Waals surface area contributed by atoms with Crippen molar-refractivity contribution in [2.45, 2.75) is 19.9 Å². The number of hydrogen-bond acceptors (Lipinski definition) is 4. The van der Waals surface area contributed by atoms with E-state index in [1.807, 2.05) is 26.0 Å². The summed E-state index contributed by atoms with van der Waals surface area (Å²) in [7, 11) is 0. The van der Waals surface area contributed by atoms with Crippen LogP contribution in [0, 0.1) is 13.8 Å². The molecule has 4 rings (SSSR count). The number of aromatic hydroxyl groups is 2. The molecular formula is C22H18Cl2N2O2. The van der Waals surface area contributed by atoms with Gasteiger partial charge in [0.05, 0.1) is 23.1 Å². The average Bonchev–Trinajstić information content (AvgIpc) is 2.66. The Hall–Kier alpha value is -2.69. The minimum Gasteiger partial charge on any atom is -0.508 e. The third-order valence-electron chi connectivity index (χ3n) is 4.96. The molecule has 3 aromatic rings. The van der Waals surface area contributed by atoms with Gasteiger partial charge < -0.3 is 15.5 Å². The minimum atomic E-state index is -0.516. The van der Waals surface area contributed by atoms with Crippen LogP contribution in [0.15, 0.2) is 53.5 Å². The fraction of sp³-hybridized carbons (Fsp3) is 0.136. The van der Waals surface area contributed by atoms with Crippen LogP contribution in [0.5, 0.6) is 11.5 Å². The summed E-state index contributed by atoms with van der Waals surface area (Å²) in [6.45, 7) is 4.06. The van der Waals surface area contributed by atoms with E-state index in [2.05, 4.69) is 5.32 Å². The Kier molecular flexibility index (Phi) is 4.69. The summed E-state index contributed by atoms with van der Waals surface area (Å²) < 4.78 is 0. The predicted octanol–water partition coefficient (Wildman–Crippen LogP) is 6.31. The van der Waals surface area contributed by atoms with Crippen LogP contribution < -0.4 is 5.32 Å². The zero-order valence-corrected chi connectivity index (χ0v) is 16.8. The monoisotopic (exact) mass is 412 g/mol. The molecule has 6 heteroatoms. The highest BCUT2D eigenvalue weighted by molar-refractivity contribution is 6.31. The molecular weight excluding hydrogens is 395 g/mol. The fourth-order valence-electron chi connectivity index (χ4n) is 3.34. The van der Waals surface area contributed by atoms with Crippen molar-refractivity contribution in [3.05, 3.63) is 80.8 Å². The maximum atomic E-state index is 10.5. The summed E-state index contributed by atoms with van der Waals surface area (Å²) in [5.74, 6) is 0.146. The number of phenolic OH excluding ortho intramolecular Hbond substituents is 2. The number of phenols is 2. The van der Waals surface area contributed by atoms with Crippen molar-refractivity contribution in [2.24, 2.45) is 4.99 Å². The third kappa shape index (κ3) is 3.30. The van der Waals surface area contributed by atoms with Gasteiger partial charge in [0.2, 0.25) is 0 Å². The molecule has 4 nitrogen and oxygen atoms in total. The number of rotatable bonds is 2. The zero-order chi connectivity index (χ0) is 20.0. The Balaban J connectivity index is 1.97. The van der Waals surface area contributed by atoms with Gasteiger partial charge in [0.25, 0.3) is 0 Å². The molecule has 1 aliphatic heterocycles. The molecule has 1 aliphatic rings. The largest absolute Gasteiger partial charge is 0.508 e. The van der Waals surface area contributed by atoms with Gasteiger partial charge in [-0.15, -0.1) is 0 Å². The van der Waals surface area contributed by atoms with Gasteiger partial charge in [0.1, 0.15) is 11.5 Å². The molecule has 0 aliphatic carbocycles. The van der Waals surface area contributed by atoms with E-state index in [0.29, 0.717) is 26.9 Å². The highest BCUT2D eigenvalue weighted by Crippen LogP contribution is 2.42. The lowest BCUT2D eigenvalue weighted by Crippen LogP contribution is -2.25. The Morgan fingerprint density at radius 3 is 2.25 bits per heavy atom. The van der Waals surface area contributed by atoms with E-state index in [4.69, 9.17) is 28.2 Å². The molecule has 0 bridgehead atoms. The summed E-state index contributed by atoms with van der Waals surface area (Å²) in [6, 6.07) is 13.2. The molecule has 0 aromatic heterocycles. The lowest BCUT2D eigenvalue weighted by molar-refractivity contribution is 0.466.